The number of carbonyl (C=O) groups excluding carboxylic acids is 1. The van der Waals surface area contributed by atoms with Gasteiger partial charge in [0.1, 0.15) is 5.71 Å². The molecule has 23 heavy (non-hydrogen) atoms. The summed E-state index contributed by atoms with van der Waals surface area (Å²) in [7, 11) is 0. The zero-order valence-corrected chi connectivity index (χ0v) is 13.4. The van der Waals surface area contributed by atoms with Gasteiger partial charge < -0.3 is 5.32 Å². The predicted octanol–water partition coefficient (Wildman–Crippen LogP) is 4.85. The van der Waals surface area contributed by atoms with Gasteiger partial charge in [-0.1, -0.05) is 22.0 Å². The molecule has 0 aromatic heterocycles. The van der Waals surface area contributed by atoms with Crippen LogP contribution in [-0.4, -0.2) is 11.6 Å². The van der Waals surface area contributed by atoms with Gasteiger partial charge in [0.25, 0.3) is 5.91 Å². The molecule has 0 saturated carbocycles. The Morgan fingerprint density at radius 1 is 1.17 bits per heavy atom. The Labute approximate surface area is 138 Å². The van der Waals surface area contributed by atoms with Crippen LogP contribution in [0.25, 0.3) is 0 Å². The van der Waals surface area contributed by atoms with Crippen molar-refractivity contribution in [2.75, 3.05) is 5.32 Å². The number of benzene rings is 2. The van der Waals surface area contributed by atoms with Crippen LogP contribution >= 0.6 is 15.9 Å². The second kappa shape index (κ2) is 5.49. The summed E-state index contributed by atoms with van der Waals surface area (Å²) in [5.41, 5.74) is 1.42. The summed E-state index contributed by atoms with van der Waals surface area (Å²) in [5, 5.41) is 2.70. The van der Waals surface area contributed by atoms with E-state index in [-0.39, 0.29) is 11.4 Å². The second-order valence-corrected chi connectivity index (χ2v) is 6.02. The van der Waals surface area contributed by atoms with Crippen molar-refractivity contribution in [1.82, 2.24) is 0 Å². The molecule has 0 fully saturated rings. The molecule has 118 valence electrons. The van der Waals surface area contributed by atoms with Gasteiger partial charge in [-0.15, -0.1) is 0 Å². The number of hydrogen-bond acceptors (Lipinski definition) is 2. The molecule has 1 aliphatic rings. The Hall–Kier alpha value is -2.15. The number of rotatable bonds is 1. The van der Waals surface area contributed by atoms with Crippen LogP contribution in [0, 0.1) is 6.92 Å². The van der Waals surface area contributed by atoms with E-state index in [1.54, 1.807) is 6.07 Å². The van der Waals surface area contributed by atoms with Crippen molar-refractivity contribution >= 4 is 38.9 Å². The van der Waals surface area contributed by atoms with Crippen molar-refractivity contribution in [1.29, 1.82) is 0 Å². The Balaban J connectivity index is 2.10. The Bertz CT molecular complexity index is 844. The van der Waals surface area contributed by atoms with Gasteiger partial charge in [-0.3, -0.25) is 4.79 Å². The van der Waals surface area contributed by atoms with Gasteiger partial charge in [-0.2, -0.15) is 13.2 Å². The average Bonchev–Trinajstić information content (AvgIpc) is 2.76. The molecule has 0 aliphatic carbocycles. The van der Waals surface area contributed by atoms with E-state index >= 15 is 0 Å². The van der Waals surface area contributed by atoms with Crippen LogP contribution in [0.1, 0.15) is 16.7 Å². The van der Waals surface area contributed by atoms with Crippen LogP contribution in [0.5, 0.6) is 0 Å². The maximum absolute atomic E-state index is 12.8. The van der Waals surface area contributed by atoms with Crippen LogP contribution in [0.3, 0.4) is 0 Å². The number of nitrogens with zero attached hydrogens (tertiary/aromatic N) is 1. The molecule has 0 radical (unpaired) electrons. The van der Waals surface area contributed by atoms with Crippen molar-refractivity contribution < 1.29 is 18.0 Å². The highest BCUT2D eigenvalue weighted by Crippen LogP contribution is 2.34. The molecule has 0 bridgehead atoms. The number of alkyl halides is 3. The van der Waals surface area contributed by atoms with Gasteiger partial charge in [-0.05, 0) is 42.8 Å². The van der Waals surface area contributed by atoms with Gasteiger partial charge in [-0.25, -0.2) is 4.99 Å². The molecule has 1 amide bonds. The van der Waals surface area contributed by atoms with Gasteiger partial charge in [0.05, 0.1) is 16.9 Å². The van der Waals surface area contributed by atoms with E-state index in [0.29, 0.717) is 11.3 Å². The molecule has 3 nitrogen and oxygen atoms in total. The molecule has 0 saturated heterocycles. The third-order valence-corrected chi connectivity index (χ3v) is 3.88. The lowest BCUT2D eigenvalue weighted by Gasteiger charge is -2.07. The van der Waals surface area contributed by atoms with E-state index in [0.717, 1.165) is 22.2 Å². The lowest BCUT2D eigenvalue weighted by molar-refractivity contribution is -0.137. The minimum absolute atomic E-state index is 0.0791. The molecule has 7 heteroatoms. The first-order chi connectivity index (χ1) is 10.8. The summed E-state index contributed by atoms with van der Waals surface area (Å²) in [4.78, 5) is 16.2. The third kappa shape index (κ3) is 3.01. The highest BCUT2D eigenvalue weighted by atomic mass is 79.9. The smallest absolute Gasteiger partial charge is 0.320 e. The quantitative estimate of drug-likeness (QED) is 0.752. The number of aryl methyl sites for hydroxylation is 1. The van der Waals surface area contributed by atoms with E-state index in [4.69, 9.17) is 0 Å². The number of aliphatic imine (C=N–C) groups is 1. The molecule has 2 aromatic carbocycles. The van der Waals surface area contributed by atoms with Crippen molar-refractivity contribution in [3.63, 3.8) is 0 Å². The zero-order valence-electron chi connectivity index (χ0n) is 11.8. The first-order valence-electron chi connectivity index (χ1n) is 6.63. The number of halogens is 4. The number of hydrogen-bond donors (Lipinski definition) is 1. The highest BCUT2D eigenvalue weighted by Gasteiger charge is 2.31. The Morgan fingerprint density at radius 3 is 2.61 bits per heavy atom. The molecular formula is C16H10BrF3N2O. The molecule has 1 N–H and O–H groups in total. The Morgan fingerprint density at radius 2 is 1.91 bits per heavy atom. The number of nitrogens with one attached hydrogen (secondary N) is 1. The number of anilines is 1. The Kier molecular flexibility index (Phi) is 3.75. The van der Waals surface area contributed by atoms with E-state index in [1.807, 2.05) is 13.0 Å². The van der Waals surface area contributed by atoms with Crippen LogP contribution in [0.2, 0.25) is 0 Å². The summed E-state index contributed by atoms with van der Waals surface area (Å²) < 4.78 is 39.1. The van der Waals surface area contributed by atoms with Gasteiger partial charge in [0.15, 0.2) is 0 Å². The molecule has 0 spiro atoms. The largest absolute Gasteiger partial charge is 0.416 e. The summed E-state index contributed by atoms with van der Waals surface area (Å²) >= 11 is 3.34. The third-order valence-electron chi connectivity index (χ3n) is 3.42. The monoisotopic (exact) mass is 382 g/mol. The fourth-order valence-electron chi connectivity index (χ4n) is 2.38. The topological polar surface area (TPSA) is 41.5 Å². The van der Waals surface area contributed by atoms with Crippen LogP contribution in [0.15, 0.2) is 45.9 Å². The summed E-state index contributed by atoms with van der Waals surface area (Å²) in [6.45, 7) is 1.83. The number of carbonyl (C=O) groups is 1. The van der Waals surface area contributed by atoms with E-state index in [9.17, 15) is 18.0 Å². The molecule has 2 aromatic rings. The minimum Gasteiger partial charge on any atom is -0.320 e. The van der Waals surface area contributed by atoms with Crippen molar-refractivity contribution in [3.05, 3.63) is 57.6 Å². The van der Waals surface area contributed by atoms with Crippen molar-refractivity contribution in [3.8, 4) is 0 Å². The first-order valence-corrected chi connectivity index (χ1v) is 7.43. The minimum atomic E-state index is -4.45. The number of amides is 1. The zero-order chi connectivity index (χ0) is 16.8. The summed E-state index contributed by atoms with van der Waals surface area (Å²) in [6, 6.07) is 8.13. The van der Waals surface area contributed by atoms with E-state index in [1.165, 1.54) is 12.1 Å². The van der Waals surface area contributed by atoms with Crippen LogP contribution in [-0.2, 0) is 11.0 Å². The molecule has 3 rings (SSSR count). The van der Waals surface area contributed by atoms with Gasteiger partial charge >= 0.3 is 6.18 Å². The first kappa shape index (κ1) is 15.7. The lowest BCUT2D eigenvalue weighted by atomic mass is 10.1. The van der Waals surface area contributed by atoms with E-state index in [2.05, 4.69) is 26.2 Å². The summed E-state index contributed by atoms with van der Waals surface area (Å²) in [6.07, 6.45) is -4.45. The van der Waals surface area contributed by atoms with Crippen LogP contribution < -0.4 is 5.32 Å². The maximum Gasteiger partial charge on any atom is 0.416 e. The van der Waals surface area contributed by atoms with E-state index < -0.39 is 17.6 Å². The fraction of sp³-hybridized carbons (Fsp3) is 0.125. The van der Waals surface area contributed by atoms with Crippen molar-refractivity contribution in [2.24, 2.45) is 4.99 Å². The van der Waals surface area contributed by atoms with Gasteiger partial charge in [0, 0.05) is 10.0 Å². The standard InChI is InChI=1S/C16H10BrF3N2O/c1-8-5-10(17)7-12-13(8)22-15(23)14(12)21-11-4-2-3-9(6-11)16(18,19)20/h2-7H,1H3,(H,21,22,23). The maximum atomic E-state index is 12.8. The molecule has 0 atom stereocenters. The lowest BCUT2D eigenvalue weighted by Crippen LogP contribution is -2.14. The summed E-state index contributed by atoms with van der Waals surface area (Å²) in [5.74, 6) is -0.432. The molecule has 0 unspecified atom stereocenters. The van der Waals surface area contributed by atoms with Gasteiger partial charge in [0.2, 0.25) is 0 Å². The van der Waals surface area contributed by atoms with Crippen LogP contribution in [0.4, 0.5) is 24.5 Å². The molecular weight excluding hydrogens is 373 g/mol. The fourth-order valence-corrected chi connectivity index (χ4v) is 2.96. The second-order valence-electron chi connectivity index (χ2n) is 5.11. The number of fused-ring (bicyclic) bond motifs is 1. The SMILES string of the molecule is Cc1cc(Br)cc2c1NC(=O)C2=Nc1cccc(C(F)(F)F)c1. The molecule has 1 heterocycles. The predicted molar refractivity (Wildman–Crippen MR) is 85.1 cm³/mol. The molecule has 1 aliphatic heterocycles. The highest BCUT2D eigenvalue weighted by molar-refractivity contribution is 9.10. The van der Waals surface area contributed by atoms with Crippen molar-refractivity contribution in [2.45, 2.75) is 13.1 Å². The average molecular weight is 383 g/mol. The normalized spacial score (nSPS) is 15.7.